The Morgan fingerprint density at radius 1 is 1.47 bits per heavy atom. The van der Waals surface area contributed by atoms with Gasteiger partial charge in [0.05, 0.1) is 6.10 Å². The van der Waals surface area contributed by atoms with E-state index in [1.165, 1.54) is 6.07 Å². The standard InChI is InChI=1S/C12H18FNO/c1-9-8-11(5-6-12(9)13)15-10(2)4-3-7-14/h5-6,8,10H,3-4,7,14H2,1-2H3. The number of aryl methyl sites for hydroxylation is 1. The van der Waals surface area contributed by atoms with E-state index in [-0.39, 0.29) is 11.9 Å². The number of benzene rings is 1. The molecule has 84 valence electrons. The summed E-state index contributed by atoms with van der Waals surface area (Å²) in [5.74, 6) is 0.524. The summed E-state index contributed by atoms with van der Waals surface area (Å²) >= 11 is 0. The maximum absolute atomic E-state index is 13.0. The van der Waals surface area contributed by atoms with Crippen LogP contribution in [0.1, 0.15) is 25.3 Å². The molecule has 0 spiro atoms. The van der Waals surface area contributed by atoms with Crippen LogP contribution in [-0.4, -0.2) is 12.6 Å². The average Bonchev–Trinajstić information content (AvgIpc) is 2.20. The van der Waals surface area contributed by atoms with Crippen LogP contribution in [0.4, 0.5) is 4.39 Å². The molecule has 1 atom stereocenters. The van der Waals surface area contributed by atoms with E-state index in [0.29, 0.717) is 12.1 Å². The number of nitrogens with two attached hydrogens (primary N) is 1. The van der Waals surface area contributed by atoms with Crippen molar-refractivity contribution in [3.8, 4) is 5.75 Å². The van der Waals surface area contributed by atoms with Crippen molar-refractivity contribution in [3.05, 3.63) is 29.6 Å². The molecule has 0 fully saturated rings. The predicted octanol–water partition coefficient (Wildman–Crippen LogP) is 2.64. The number of rotatable bonds is 5. The van der Waals surface area contributed by atoms with Crippen LogP contribution in [0.25, 0.3) is 0 Å². The van der Waals surface area contributed by atoms with Crippen LogP contribution in [-0.2, 0) is 0 Å². The summed E-state index contributed by atoms with van der Waals surface area (Å²) in [6.45, 7) is 4.40. The Hall–Kier alpha value is -1.09. The third-order valence-electron chi connectivity index (χ3n) is 2.28. The van der Waals surface area contributed by atoms with Gasteiger partial charge < -0.3 is 10.5 Å². The van der Waals surface area contributed by atoms with Crippen LogP contribution in [0.3, 0.4) is 0 Å². The maximum Gasteiger partial charge on any atom is 0.126 e. The van der Waals surface area contributed by atoms with Gasteiger partial charge in [-0.2, -0.15) is 0 Å². The van der Waals surface area contributed by atoms with Gasteiger partial charge in [-0.15, -0.1) is 0 Å². The molecule has 15 heavy (non-hydrogen) atoms. The summed E-state index contributed by atoms with van der Waals surface area (Å²) in [7, 11) is 0. The van der Waals surface area contributed by atoms with E-state index in [1.54, 1.807) is 19.1 Å². The molecule has 1 rings (SSSR count). The fraction of sp³-hybridized carbons (Fsp3) is 0.500. The Morgan fingerprint density at radius 2 is 2.20 bits per heavy atom. The van der Waals surface area contributed by atoms with Gasteiger partial charge in [-0.05, 0) is 57.0 Å². The van der Waals surface area contributed by atoms with Crippen molar-refractivity contribution in [3.63, 3.8) is 0 Å². The van der Waals surface area contributed by atoms with Crippen LogP contribution in [0, 0.1) is 12.7 Å². The second-order valence-electron chi connectivity index (χ2n) is 3.77. The lowest BCUT2D eigenvalue weighted by Crippen LogP contribution is -2.14. The molecule has 0 aliphatic heterocycles. The van der Waals surface area contributed by atoms with Gasteiger partial charge >= 0.3 is 0 Å². The van der Waals surface area contributed by atoms with Gasteiger partial charge in [0.1, 0.15) is 11.6 Å². The first kappa shape index (κ1) is 12.0. The Bertz CT molecular complexity index is 314. The van der Waals surface area contributed by atoms with Crippen LogP contribution in [0.5, 0.6) is 5.75 Å². The summed E-state index contributed by atoms with van der Waals surface area (Å²) in [4.78, 5) is 0. The molecule has 2 nitrogen and oxygen atoms in total. The van der Waals surface area contributed by atoms with Gasteiger partial charge in [0.2, 0.25) is 0 Å². The van der Waals surface area contributed by atoms with Crippen molar-refractivity contribution in [2.75, 3.05) is 6.54 Å². The van der Waals surface area contributed by atoms with E-state index in [9.17, 15) is 4.39 Å². The normalized spacial score (nSPS) is 12.5. The molecule has 1 unspecified atom stereocenters. The lowest BCUT2D eigenvalue weighted by atomic mass is 10.2. The Kier molecular flexibility index (Phi) is 4.56. The second kappa shape index (κ2) is 5.71. The molecule has 0 aliphatic carbocycles. The minimum atomic E-state index is -0.197. The highest BCUT2D eigenvalue weighted by molar-refractivity contribution is 5.28. The third-order valence-corrected chi connectivity index (χ3v) is 2.28. The lowest BCUT2D eigenvalue weighted by Gasteiger charge is -2.14. The molecule has 0 saturated heterocycles. The lowest BCUT2D eigenvalue weighted by molar-refractivity contribution is 0.208. The van der Waals surface area contributed by atoms with Crippen molar-refractivity contribution in [2.45, 2.75) is 32.8 Å². The molecule has 0 heterocycles. The number of hydrogen-bond donors (Lipinski definition) is 1. The summed E-state index contributed by atoms with van der Waals surface area (Å²) in [6, 6.07) is 4.80. The first-order chi connectivity index (χ1) is 7.13. The second-order valence-corrected chi connectivity index (χ2v) is 3.77. The van der Waals surface area contributed by atoms with Crippen LogP contribution < -0.4 is 10.5 Å². The van der Waals surface area contributed by atoms with Crippen molar-refractivity contribution < 1.29 is 9.13 Å². The number of ether oxygens (including phenoxy) is 1. The highest BCUT2D eigenvalue weighted by Crippen LogP contribution is 2.18. The monoisotopic (exact) mass is 211 g/mol. The highest BCUT2D eigenvalue weighted by Gasteiger charge is 2.05. The number of halogens is 1. The smallest absolute Gasteiger partial charge is 0.126 e. The van der Waals surface area contributed by atoms with Crippen molar-refractivity contribution >= 4 is 0 Å². The van der Waals surface area contributed by atoms with Crippen LogP contribution in [0.15, 0.2) is 18.2 Å². The first-order valence-electron chi connectivity index (χ1n) is 5.26. The molecule has 1 aromatic rings. The third kappa shape index (κ3) is 3.88. The molecule has 0 radical (unpaired) electrons. The van der Waals surface area contributed by atoms with Crippen LogP contribution >= 0.6 is 0 Å². The van der Waals surface area contributed by atoms with E-state index in [2.05, 4.69) is 0 Å². The minimum Gasteiger partial charge on any atom is -0.491 e. The highest BCUT2D eigenvalue weighted by atomic mass is 19.1. The zero-order valence-electron chi connectivity index (χ0n) is 9.29. The fourth-order valence-electron chi connectivity index (χ4n) is 1.39. The van der Waals surface area contributed by atoms with Crippen molar-refractivity contribution in [2.24, 2.45) is 5.73 Å². The molecule has 0 aliphatic rings. The summed E-state index contributed by atoms with van der Waals surface area (Å²) in [5, 5.41) is 0. The predicted molar refractivity (Wildman–Crippen MR) is 59.5 cm³/mol. The van der Waals surface area contributed by atoms with Gasteiger partial charge in [-0.1, -0.05) is 0 Å². The Labute approximate surface area is 90.2 Å². The van der Waals surface area contributed by atoms with Gasteiger partial charge in [0.25, 0.3) is 0 Å². The van der Waals surface area contributed by atoms with Gasteiger partial charge in [0, 0.05) is 0 Å². The zero-order valence-corrected chi connectivity index (χ0v) is 9.29. The first-order valence-corrected chi connectivity index (χ1v) is 5.26. The summed E-state index contributed by atoms with van der Waals surface area (Å²) in [5.41, 5.74) is 6.02. The molecular weight excluding hydrogens is 193 g/mol. The molecule has 2 N–H and O–H groups in total. The van der Waals surface area contributed by atoms with Crippen LogP contribution in [0.2, 0.25) is 0 Å². The van der Waals surface area contributed by atoms with E-state index in [1.807, 2.05) is 6.92 Å². The Morgan fingerprint density at radius 3 is 2.80 bits per heavy atom. The summed E-state index contributed by atoms with van der Waals surface area (Å²) in [6.07, 6.45) is 1.99. The van der Waals surface area contributed by atoms with Crippen molar-refractivity contribution in [1.29, 1.82) is 0 Å². The van der Waals surface area contributed by atoms with Gasteiger partial charge in [-0.3, -0.25) is 0 Å². The molecule has 0 amide bonds. The van der Waals surface area contributed by atoms with Crippen molar-refractivity contribution in [1.82, 2.24) is 0 Å². The molecule has 0 saturated carbocycles. The average molecular weight is 211 g/mol. The molecule has 1 aromatic carbocycles. The largest absolute Gasteiger partial charge is 0.491 e. The van der Waals surface area contributed by atoms with E-state index < -0.39 is 0 Å². The topological polar surface area (TPSA) is 35.2 Å². The molecule has 3 heteroatoms. The minimum absolute atomic E-state index is 0.124. The fourth-order valence-corrected chi connectivity index (χ4v) is 1.39. The Balaban J connectivity index is 2.53. The van der Waals surface area contributed by atoms with E-state index in [4.69, 9.17) is 10.5 Å². The number of hydrogen-bond acceptors (Lipinski definition) is 2. The molecule has 0 aromatic heterocycles. The molecule has 0 bridgehead atoms. The van der Waals surface area contributed by atoms with E-state index >= 15 is 0 Å². The quantitative estimate of drug-likeness (QED) is 0.812. The maximum atomic E-state index is 13.0. The van der Waals surface area contributed by atoms with Gasteiger partial charge in [0.15, 0.2) is 0 Å². The SMILES string of the molecule is Cc1cc(OC(C)CCCN)ccc1F. The van der Waals surface area contributed by atoms with Gasteiger partial charge in [-0.25, -0.2) is 4.39 Å². The van der Waals surface area contributed by atoms with E-state index in [0.717, 1.165) is 18.6 Å². The molecular formula is C12H18FNO. The summed E-state index contributed by atoms with van der Waals surface area (Å²) < 4.78 is 18.6. The zero-order chi connectivity index (χ0) is 11.3.